The number of aliphatic carboxylic acids is 1. The second-order valence-corrected chi connectivity index (χ2v) is 3.21. The maximum atomic E-state index is 13.4. The van der Waals surface area contributed by atoms with E-state index in [9.17, 15) is 13.6 Å². The Labute approximate surface area is 90.6 Å². The minimum Gasteiger partial charge on any atom is -0.480 e. The highest BCUT2D eigenvalue weighted by Crippen LogP contribution is 2.20. The van der Waals surface area contributed by atoms with Crippen molar-refractivity contribution < 1.29 is 23.4 Å². The first-order valence-electron chi connectivity index (χ1n) is 4.42. The minimum atomic E-state index is -1.44. The Morgan fingerprint density at radius 2 is 2.00 bits per heavy atom. The Kier molecular flexibility index (Phi) is 3.92. The molecule has 0 saturated heterocycles. The summed E-state index contributed by atoms with van der Waals surface area (Å²) in [6, 6.07) is 0.354. The van der Waals surface area contributed by atoms with E-state index in [0.29, 0.717) is 0 Å². The monoisotopic (exact) mass is 231 g/mol. The van der Waals surface area contributed by atoms with Crippen molar-refractivity contribution in [2.24, 2.45) is 5.73 Å². The highest BCUT2D eigenvalue weighted by atomic mass is 19.1. The summed E-state index contributed by atoms with van der Waals surface area (Å²) in [6.07, 6.45) is 0. The largest absolute Gasteiger partial charge is 0.480 e. The molecule has 0 aliphatic heterocycles. The first-order valence-corrected chi connectivity index (χ1v) is 4.42. The molecule has 4 nitrogen and oxygen atoms in total. The molecule has 1 aromatic carbocycles. The molecule has 1 aromatic rings. The Balaban J connectivity index is 3.14. The van der Waals surface area contributed by atoms with Crippen molar-refractivity contribution in [1.82, 2.24) is 0 Å². The van der Waals surface area contributed by atoms with Crippen LogP contribution in [0.3, 0.4) is 0 Å². The van der Waals surface area contributed by atoms with Crippen LogP contribution in [0.1, 0.15) is 17.2 Å². The molecule has 0 fully saturated rings. The Bertz CT molecular complexity index is 386. The fourth-order valence-electron chi connectivity index (χ4n) is 1.23. The molecule has 0 bridgehead atoms. The highest BCUT2D eigenvalue weighted by molar-refractivity contribution is 5.75. The summed E-state index contributed by atoms with van der Waals surface area (Å²) in [5, 5.41) is 8.60. The number of ether oxygens (including phenoxy) is 1. The van der Waals surface area contributed by atoms with E-state index in [2.05, 4.69) is 4.74 Å². The van der Waals surface area contributed by atoms with Crippen LogP contribution in [0.25, 0.3) is 0 Å². The van der Waals surface area contributed by atoms with E-state index in [1.54, 1.807) is 0 Å². The molecule has 0 radical (unpaired) electrons. The highest BCUT2D eigenvalue weighted by Gasteiger charge is 2.19. The van der Waals surface area contributed by atoms with Crippen molar-refractivity contribution in [2.45, 2.75) is 12.6 Å². The summed E-state index contributed by atoms with van der Waals surface area (Å²) in [4.78, 5) is 10.5. The van der Waals surface area contributed by atoms with E-state index >= 15 is 0 Å². The molecular weight excluding hydrogens is 220 g/mol. The zero-order valence-electron chi connectivity index (χ0n) is 8.54. The summed E-state index contributed by atoms with van der Waals surface area (Å²) in [5.41, 5.74) is 4.87. The Morgan fingerprint density at radius 1 is 1.50 bits per heavy atom. The van der Waals surface area contributed by atoms with Gasteiger partial charge in [0.2, 0.25) is 0 Å². The van der Waals surface area contributed by atoms with Gasteiger partial charge >= 0.3 is 5.97 Å². The molecule has 16 heavy (non-hydrogen) atoms. The van der Waals surface area contributed by atoms with Crippen molar-refractivity contribution in [3.05, 3.63) is 34.9 Å². The van der Waals surface area contributed by atoms with E-state index in [1.165, 1.54) is 7.11 Å². The van der Waals surface area contributed by atoms with Crippen LogP contribution in [0.15, 0.2) is 12.1 Å². The molecule has 1 unspecified atom stereocenters. The van der Waals surface area contributed by atoms with Gasteiger partial charge in [0.25, 0.3) is 0 Å². The molecule has 1 rings (SSSR count). The molecule has 0 saturated carbocycles. The van der Waals surface area contributed by atoms with Gasteiger partial charge in [0.05, 0.1) is 6.61 Å². The maximum Gasteiger partial charge on any atom is 0.325 e. The quantitative estimate of drug-likeness (QED) is 0.816. The number of carboxylic acid groups (broad SMARTS) is 1. The van der Waals surface area contributed by atoms with E-state index in [0.717, 1.165) is 12.1 Å². The average molecular weight is 231 g/mol. The van der Waals surface area contributed by atoms with Gasteiger partial charge in [-0.15, -0.1) is 0 Å². The van der Waals surface area contributed by atoms with Crippen molar-refractivity contribution in [1.29, 1.82) is 0 Å². The average Bonchev–Trinajstić information content (AvgIpc) is 2.21. The standard InChI is InChI=1S/C10H11F2NO3/c1-16-4-6-7(11)2-5(3-8(6)12)9(13)10(14)15/h2-3,9H,4,13H2,1H3,(H,14,15). The molecule has 0 aliphatic carbocycles. The van der Waals surface area contributed by atoms with Gasteiger partial charge in [0.1, 0.15) is 17.7 Å². The molecule has 0 aromatic heterocycles. The second-order valence-electron chi connectivity index (χ2n) is 3.21. The van der Waals surface area contributed by atoms with Crippen molar-refractivity contribution in [2.75, 3.05) is 7.11 Å². The molecule has 3 N–H and O–H groups in total. The Hall–Kier alpha value is -1.53. The number of hydrogen-bond donors (Lipinski definition) is 2. The van der Waals surface area contributed by atoms with Gasteiger partial charge in [-0.2, -0.15) is 0 Å². The van der Waals surface area contributed by atoms with Gasteiger partial charge < -0.3 is 15.6 Å². The third kappa shape index (κ3) is 2.53. The normalized spacial score (nSPS) is 12.5. The molecule has 88 valence electrons. The van der Waals surface area contributed by atoms with Crippen molar-refractivity contribution >= 4 is 5.97 Å². The molecule has 0 spiro atoms. The second kappa shape index (κ2) is 5.00. The number of nitrogens with two attached hydrogens (primary N) is 1. The zero-order chi connectivity index (χ0) is 12.3. The minimum absolute atomic E-state index is 0.123. The molecule has 6 heteroatoms. The number of carbonyl (C=O) groups is 1. The van der Waals surface area contributed by atoms with Gasteiger partial charge in [-0.05, 0) is 17.7 Å². The van der Waals surface area contributed by atoms with Gasteiger partial charge in [0.15, 0.2) is 0 Å². The Morgan fingerprint density at radius 3 is 2.38 bits per heavy atom. The molecule has 0 aliphatic rings. The third-order valence-corrected chi connectivity index (χ3v) is 2.08. The SMILES string of the molecule is COCc1c(F)cc(C(N)C(=O)O)cc1F. The van der Waals surface area contributed by atoms with E-state index in [4.69, 9.17) is 10.8 Å². The number of halogens is 2. The van der Waals surface area contributed by atoms with E-state index < -0.39 is 23.6 Å². The fraction of sp³-hybridized carbons (Fsp3) is 0.300. The van der Waals surface area contributed by atoms with Crippen LogP contribution in [0.4, 0.5) is 8.78 Å². The number of carboxylic acids is 1. The van der Waals surface area contributed by atoms with Crippen molar-refractivity contribution in [3.63, 3.8) is 0 Å². The zero-order valence-corrected chi connectivity index (χ0v) is 8.54. The van der Waals surface area contributed by atoms with Crippen LogP contribution in [0, 0.1) is 11.6 Å². The summed E-state index contributed by atoms with van der Waals surface area (Å²) < 4.78 is 31.3. The first-order chi connectivity index (χ1) is 7.47. The predicted molar refractivity (Wildman–Crippen MR) is 51.6 cm³/mol. The lowest BCUT2D eigenvalue weighted by atomic mass is 10.0. The smallest absolute Gasteiger partial charge is 0.325 e. The number of methoxy groups -OCH3 is 1. The lowest BCUT2D eigenvalue weighted by molar-refractivity contribution is -0.138. The van der Waals surface area contributed by atoms with E-state index in [1.807, 2.05) is 0 Å². The lowest BCUT2D eigenvalue weighted by Crippen LogP contribution is -2.21. The van der Waals surface area contributed by atoms with Gasteiger partial charge in [-0.3, -0.25) is 4.79 Å². The van der Waals surface area contributed by atoms with Crippen LogP contribution >= 0.6 is 0 Å². The summed E-state index contributed by atoms with van der Waals surface area (Å²) >= 11 is 0. The summed E-state index contributed by atoms with van der Waals surface area (Å²) in [5.74, 6) is -3.08. The molecule has 0 heterocycles. The fourth-order valence-corrected chi connectivity index (χ4v) is 1.23. The first kappa shape index (κ1) is 12.5. The van der Waals surface area contributed by atoms with Gasteiger partial charge in [0, 0.05) is 12.7 Å². The maximum absolute atomic E-state index is 13.4. The number of hydrogen-bond acceptors (Lipinski definition) is 3. The lowest BCUT2D eigenvalue weighted by Gasteiger charge is -2.10. The van der Waals surface area contributed by atoms with Gasteiger partial charge in [-0.1, -0.05) is 0 Å². The van der Waals surface area contributed by atoms with Gasteiger partial charge in [-0.25, -0.2) is 8.78 Å². The van der Waals surface area contributed by atoms with Crippen LogP contribution < -0.4 is 5.73 Å². The molecular formula is C10H11F2NO3. The van der Waals surface area contributed by atoms with Crippen LogP contribution in [-0.2, 0) is 16.1 Å². The van der Waals surface area contributed by atoms with Crippen molar-refractivity contribution in [3.8, 4) is 0 Å². The van der Waals surface area contributed by atoms with Crippen LogP contribution in [0.5, 0.6) is 0 Å². The topological polar surface area (TPSA) is 72.5 Å². The van der Waals surface area contributed by atoms with E-state index in [-0.39, 0.29) is 17.7 Å². The van der Waals surface area contributed by atoms with Crippen LogP contribution in [0.2, 0.25) is 0 Å². The number of rotatable bonds is 4. The third-order valence-electron chi connectivity index (χ3n) is 2.08. The molecule has 0 amide bonds. The van der Waals surface area contributed by atoms with Crippen LogP contribution in [-0.4, -0.2) is 18.2 Å². The predicted octanol–water partition coefficient (Wildman–Crippen LogP) is 1.20. The molecule has 1 atom stereocenters. The summed E-state index contributed by atoms with van der Waals surface area (Å²) in [7, 11) is 1.30. The number of benzene rings is 1. The summed E-state index contributed by atoms with van der Waals surface area (Å²) in [6.45, 7) is -0.222.